The van der Waals surface area contributed by atoms with Gasteiger partial charge in [0.25, 0.3) is 0 Å². The van der Waals surface area contributed by atoms with Crippen LogP contribution in [0.3, 0.4) is 0 Å². The molecule has 1 aliphatic rings. The summed E-state index contributed by atoms with van der Waals surface area (Å²) in [5.74, 6) is -1.39. The zero-order chi connectivity index (χ0) is 52.2. The minimum absolute atomic E-state index is 0.00703. The van der Waals surface area contributed by atoms with Crippen molar-refractivity contribution in [2.45, 2.75) is 173 Å². The van der Waals surface area contributed by atoms with Crippen molar-refractivity contribution in [3.63, 3.8) is 0 Å². The minimum Gasteiger partial charge on any atom is -0.462 e. The van der Waals surface area contributed by atoms with E-state index in [2.05, 4.69) is 64.8 Å². The molecule has 2 rings (SSSR count). The highest BCUT2D eigenvalue weighted by Crippen LogP contribution is 2.60. The molecular formula is C50H79N3O16P2. The van der Waals surface area contributed by atoms with Crippen LogP contribution in [0.15, 0.2) is 102 Å². The fourth-order valence-corrected chi connectivity index (χ4v) is 8.86. The van der Waals surface area contributed by atoms with Crippen molar-refractivity contribution in [3.05, 3.63) is 108 Å². The quantitative estimate of drug-likeness (QED) is 0.0118. The van der Waals surface area contributed by atoms with E-state index in [-0.39, 0.29) is 18.7 Å². The van der Waals surface area contributed by atoms with E-state index in [1.165, 1.54) is 6.07 Å². The van der Waals surface area contributed by atoms with Gasteiger partial charge in [0, 0.05) is 19.0 Å². The second kappa shape index (κ2) is 37.6. The molecule has 0 aromatic carbocycles. The van der Waals surface area contributed by atoms with Crippen molar-refractivity contribution in [1.29, 1.82) is 0 Å². The van der Waals surface area contributed by atoms with Gasteiger partial charge in [0.15, 0.2) is 12.3 Å². The van der Waals surface area contributed by atoms with Crippen molar-refractivity contribution in [1.82, 2.24) is 9.55 Å². The van der Waals surface area contributed by atoms with Crippen LogP contribution in [0.4, 0.5) is 5.82 Å². The number of allylic oxidation sites excluding steroid dienone is 12. The Morgan fingerprint density at radius 2 is 1.31 bits per heavy atom. The molecule has 0 saturated carbocycles. The number of phosphoric ester groups is 2. The maximum absolute atomic E-state index is 12.8. The molecule has 1 fully saturated rings. The van der Waals surface area contributed by atoms with E-state index < -0.39 is 89.8 Å². The van der Waals surface area contributed by atoms with Gasteiger partial charge in [-0.25, -0.2) is 13.9 Å². The number of hydrogen-bond acceptors (Lipinski definition) is 16. The number of aromatic nitrogens is 2. The van der Waals surface area contributed by atoms with Gasteiger partial charge < -0.3 is 45.1 Å². The number of nitrogen functional groups attached to an aromatic ring is 1. The molecule has 400 valence electrons. The van der Waals surface area contributed by atoms with Crippen LogP contribution in [-0.2, 0) is 46.3 Å². The average molecular weight is 1040 g/mol. The van der Waals surface area contributed by atoms with Crippen LogP contribution in [-0.4, -0.2) is 96.9 Å². The fourth-order valence-electron chi connectivity index (χ4n) is 6.75. The number of phosphoric acid groups is 2. The number of anilines is 1. The molecule has 0 radical (unpaired) electrons. The van der Waals surface area contributed by atoms with E-state index in [9.17, 15) is 48.6 Å². The first kappa shape index (κ1) is 63.0. The number of rotatable bonds is 39. The van der Waals surface area contributed by atoms with Crippen LogP contribution in [0, 0.1) is 0 Å². The Hall–Kier alpha value is -4.10. The average Bonchev–Trinajstić information content (AvgIpc) is 3.60. The molecular weight excluding hydrogens is 961 g/mol. The maximum atomic E-state index is 12.8. The minimum atomic E-state index is -5.45. The smallest absolute Gasteiger partial charge is 0.462 e. The molecule has 2 heterocycles. The van der Waals surface area contributed by atoms with Crippen LogP contribution in [0.25, 0.3) is 0 Å². The zero-order valence-electron chi connectivity index (χ0n) is 41.4. The van der Waals surface area contributed by atoms with Crippen LogP contribution in [0.1, 0.15) is 142 Å². The SMILES string of the molecule is CC/C=C\C/C=C\C/C=C\C/C=C\CCCCCCC(=O)OC[C@H](COP(=O)(O)OP(=O)(O)OC[C@H]1O[C@@H](n2ccc(N)nc2=O)[C@H](O)[C@@H]1O)OC(=O)CCCCCCC/C=C/C=C/C(O)C/C=C/CC. The van der Waals surface area contributed by atoms with Crippen LogP contribution in [0.2, 0.25) is 0 Å². The van der Waals surface area contributed by atoms with Gasteiger partial charge in [-0.3, -0.25) is 23.2 Å². The topological polar surface area (TPSA) is 286 Å². The highest BCUT2D eigenvalue weighted by atomic mass is 31.3. The Bertz CT molecular complexity index is 2040. The predicted molar refractivity (Wildman–Crippen MR) is 271 cm³/mol. The summed E-state index contributed by atoms with van der Waals surface area (Å²) in [7, 11) is -10.9. The van der Waals surface area contributed by atoms with Gasteiger partial charge in [-0.1, -0.05) is 131 Å². The van der Waals surface area contributed by atoms with Crippen molar-refractivity contribution in [3.8, 4) is 0 Å². The summed E-state index contributed by atoms with van der Waals surface area (Å²) in [6.07, 6.45) is 35.6. The number of ether oxygens (including phenoxy) is 3. The molecule has 0 spiro atoms. The van der Waals surface area contributed by atoms with E-state index in [1.54, 1.807) is 6.08 Å². The Morgan fingerprint density at radius 1 is 0.746 bits per heavy atom. The largest absolute Gasteiger partial charge is 0.481 e. The molecule has 1 aliphatic heterocycles. The molecule has 8 atom stereocenters. The lowest BCUT2D eigenvalue weighted by molar-refractivity contribution is -0.161. The molecule has 0 aliphatic carbocycles. The molecule has 1 aromatic heterocycles. The molecule has 0 bridgehead atoms. The second-order valence-corrected chi connectivity index (χ2v) is 19.8. The van der Waals surface area contributed by atoms with Gasteiger partial charge in [0.2, 0.25) is 0 Å². The Labute approximate surface area is 419 Å². The summed E-state index contributed by atoms with van der Waals surface area (Å²) in [6, 6.07) is 1.24. The second-order valence-electron chi connectivity index (χ2n) is 16.7. The molecule has 19 nitrogen and oxygen atoms in total. The van der Waals surface area contributed by atoms with Gasteiger partial charge in [0.1, 0.15) is 30.7 Å². The van der Waals surface area contributed by atoms with Gasteiger partial charge in [0.05, 0.1) is 19.3 Å². The monoisotopic (exact) mass is 1040 g/mol. The summed E-state index contributed by atoms with van der Waals surface area (Å²) in [5, 5.41) is 30.8. The molecule has 0 amide bonds. The Balaban J connectivity index is 1.84. The number of esters is 2. The Kier molecular flexibility index (Phi) is 33.4. The molecule has 21 heteroatoms. The first-order valence-corrected chi connectivity index (χ1v) is 27.7. The highest BCUT2D eigenvalue weighted by molar-refractivity contribution is 7.61. The third-order valence-electron chi connectivity index (χ3n) is 10.6. The van der Waals surface area contributed by atoms with E-state index in [0.717, 1.165) is 101 Å². The number of nitrogens with two attached hydrogens (primary N) is 1. The normalized spacial score (nSPS) is 20.3. The van der Waals surface area contributed by atoms with Gasteiger partial charge in [-0.15, -0.1) is 0 Å². The van der Waals surface area contributed by atoms with Crippen molar-refractivity contribution in [2.24, 2.45) is 0 Å². The molecule has 71 heavy (non-hydrogen) atoms. The van der Waals surface area contributed by atoms with Gasteiger partial charge in [-0.2, -0.15) is 9.29 Å². The predicted octanol–water partition coefficient (Wildman–Crippen LogP) is 8.86. The summed E-state index contributed by atoms with van der Waals surface area (Å²) >= 11 is 0. The number of aliphatic hydroxyl groups is 3. The molecule has 1 aromatic rings. The molecule has 7 N–H and O–H groups in total. The lowest BCUT2D eigenvalue weighted by atomic mass is 10.1. The van der Waals surface area contributed by atoms with E-state index in [0.29, 0.717) is 19.3 Å². The first-order valence-electron chi connectivity index (χ1n) is 24.7. The maximum Gasteiger partial charge on any atom is 0.481 e. The van der Waals surface area contributed by atoms with Crippen molar-refractivity contribution >= 4 is 33.4 Å². The standard InChI is InChI=1S/C50H79N3O16P2/c1-3-5-7-8-9-10-11-12-13-14-15-16-17-20-23-26-30-34-45(55)64-38-42(67-46(56)35-31-27-24-21-18-19-22-25-29-33-41(54)32-28-6-4-2)39-65-70(60,61)69-71(62,63)66-40-43-47(57)48(58)49(68-43)53-37-36-44(51)52-50(53)59/h5-7,9-10,12-13,15-16,22,25,28-29,33,36-37,41-43,47-49,54,57-58H,3-4,8,11,14,17-21,23-24,26-27,30-32,34-35,38-40H2,1-2H3,(H,60,61)(H,62,63)(H2,51,52,59)/b7-5-,10-9-,13-12-,16-15-,25-22+,28-6+,33-29+/t41?,42-,43-,47-,48-,49-/m1/s1. The Morgan fingerprint density at radius 3 is 1.96 bits per heavy atom. The number of unbranched alkanes of at least 4 members (excludes halogenated alkanes) is 9. The number of nitrogens with zero attached hydrogens (tertiary/aromatic N) is 2. The number of carbonyl (C=O) groups is 2. The van der Waals surface area contributed by atoms with E-state index in [1.807, 2.05) is 37.3 Å². The molecule has 1 saturated heterocycles. The fraction of sp³-hybridized carbons (Fsp3) is 0.600. The van der Waals surface area contributed by atoms with Crippen LogP contribution < -0.4 is 11.4 Å². The van der Waals surface area contributed by atoms with E-state index >= 15 is 0 Å². The van der Waals surface area contributed by atoms with Gasteiger partial charge >= 0.3 is 33.3 Å². The third-order valence-corrected chi connectivity index (χ3v) is 13.2. The lowest BCUT2D eigenvalue weighted by Gasteiger charge is -2.21. The van der Waals surface area contributed by atoms with Crippen LogP contribution in [0.5, 0.6) is 0 Å². The summed E-state index contributed by atoms with van der Waals surface area (Å²) in [4.78, 5) is 61.9. The highest BCUT2D eigenvalue weighted by Gasteiger charge is 2.46. The first-order chi connectivity index (χ1) is 34.1. The molecule has 3 unspecified atom stereocenters. The van der Waals surface area contributed by atoms with Crippen molar-refractivity contribution in [2.75, 3.05) is 25.6 Å². The number of aliphatic hydroxyl groups excluding tert-OH is 3. The van der Waals surface area contributed by atoms with Gasteiger partial charge in [-0.05, 0) is 83.1 Å². The lowest BCUT2D eigenvalue weighted by Crippen LogP contribution is -2.36. The third kappa shape index (κ3) is 30.5. The zero-order valence-corrected chi connectivity index (χ0v) is 43.1. The summed E-state index contributed by atoms with van der Waals surface area (Å²) in [6.45, 7) is 1.76. The van der Waals surface area contributed by atoms with Crippen molar-refractivity contribution < 1.29 is 71.4 Å². The number of carbonyl (C=O) groups excluding carboxylic acids is 2. The summed E-state index contributed by atoms with van der Waals surface area (Å²) in [5.41, 5.74) is 4.57. The number of hydrogen-bond donors (Lipinski definition) is 6. The van der Waals surface area contributed by atoms with Crippen LogP contribution >= 0.6 is 15.6 Å². The van der Waals surface area contributed by atoms with E-state index in [4.69, 9.17) is 29.0 Å². The summed E-state index contributed by atoms with van der Waals surface area (Å²) < 4.78 is 56.7.